The van der Waals surface area contributed by atoms with E-state index in [1.807, 2.05) is 0 Å². The Balaban J connectivity index is 2.13. The van der Waals surface area contributed by atoms with Gasteiger partial charge in [0, 0.05) is 4.83 Å². The standard InChI is InChI=1S/C18H27BrO/c1-12(2)14-6-7-17(19)15(10-14)11-16-9-13(3)5-8-18(16)20-4/h5,8-9,12,14-15,17H,6-7,10-11H2,1-4H3. The van der Waals surface area contributed by atoms with Crippen molar-refractivity contribution < 1.29 is 4.74 Å². The fourth-order valence-electron chi connectivity index (χ4n) is 3.43. The summed E-state index contributed by atoms with van der Waals surface area (Å²) in [6.45, 7) is 6.89. The van der Waals surface area contributed by atoms with Gasteiger partial charge in [0.15, 0.2) is 0 Å². The Kier molecular flexibility index (Phi) is 5.54. The van der Waals surface area contributed by atoms with Crippen molar-refractivity contribution in [2.45, 2.75) is 51.3 Å². The van der Waals surface area contributed by atoms with Gasteiger partial charge < -0.3 is 4.74 Å². The molecular formula is C18H27BrO. The molecule has 0 amide bonds. The number of methoxy groups -OCH3 is 1. The molecule has 1 aliphatic carbocycles. The van der Waals surface area contributed by atoms with Crippen LogP contribution in [0.25, 0.3) is 0 Å². The highest BCUT2D eigenvalue weighted by molar-refractivity contribution is 9.09. The predicted octanol–water partition coefficient (Wildman–Crippen LogP) is 5.38. The van der Waals surface area contributed by atoms with Gasteiger partial charge in [0.05, 0.1) is 7.11 Å². The van der Waals surface area contributed by atoms with E-state index in [-0.39, 0.29) is 0 Å². The lowest BCUT2D eigenvalue weighted by molar-refractivity contribution is 0.222. The Bertz CT molecular complexity index is 441. The highest BCUT2D eigenvalue weighted by Crippen LogP contribution is 2.40. The fraction of sp³-hybridized carbons (Fsp3) is 0.667. The maximum absolute atomic E-state index is 5.54. The number of benzene rings is 1. The van der Waals surface area contributed by atoms with Gasteiger partial charge in [-0.3, -0.25) is 0 Å². The third kappa shape index (κ3) is 3.78. The molecule has 0 spiro atoms. The minimum absolute atomic E-state index is 0.655. The number of hydrogen-bond acceptors (Lipinski definition) is 1. The Hall–Kier alpha value is -0.500. The molecule has 0 aromatic heterocycles. The number of ether oxygens (including phenoxy) is 1. The Morgan fingerprint density at radius 2 is 2.05 bits per heavy atom. The van der Waals surface area contributed by atoms with Crippen LogP contribution in [-0.4, -0.2) is 11.9 Å². The molecule has 3 unspecified atom stereocenters. The van der Waals surface area contributed by atoms with Crippen LogP contribution in [0.4, 0.5) is 0 Å². The molecule has 20 heavy (non-hydrogen) atoms. The molecule has 0 radical (unpaired) electrons. The largest absolute Gasteiger partial charge is 0.496 e. The van der Waals surface area contributed by atoms with E-state index in [2.05, 4.69) is 54.9 Å². The van der Waals surface area contributed by atoms with Gasteiger partial charge >= 0.3 is 0 Å². The summed E-state index contributed by atoms with van der Waals surface area (Å²) in [5.41, 5.74) is 2.69. The summed E-state index contributed by atoms with van der Waals surface area (Å²) >= 11 is 3.91. The smallest absolute Gasteiger partial charge is 0.122 e. The molecule has 1 aliphatic rings. The Morgan fingerprint density at radius 3 is 2.70 bits per heavy atom. The number of alkyl halides is 1. The molecule has 1 fully saturated rings. The summed E-state index contributed by atoms with van der Waals surface area (Å²) in [5.74, 6) is 3.45. The zero-order chi connectivity index (χ0) is 14.7. The van der Waals surface area contributed by atoms with Gasteiger partial charge in [0.25, 0.3) is 0 Å². The molecule has 1 aromatic rings. The highest BCUT2D eigenvalue weighted by atomic mass is 79.9. The molecule has 0 heterocycles. The lowest BCUT2D eigenvalue weighted by atomic mass is 9.74. The topological polar surface area (TPSA) is 9.23 Å². The van der Waals surface area contributed by atoms with E-state index in [0.29, 0.717) is 4.83 Å². The van der Waals surface area contributed by atoms with E-state index in [1.165, 1.54) is 30.4 Å². The minimum Gasteiger partial charge on any atom is -0.496 e. The van der Waals surface area contributed by atoms with Gasteiger partial charge in [-0.1, -0.05) is 47.5 Å². The summed E-state index contributed by atoms with van der Waals surface area (Å²) in [6, 6.07) is 6.53. The summed E-state index contributed by atoms with van der Waals surface area (Å²) in [5, 5.41) is 0. The number of hydrogen-bond donors (Lipinski definition) is 0. The number of halogens is 1. The zero-order valence-electron chi connectivity index (χ0n) is 13.2. The molecule has 0 bridgehead atoms. The fourth-order valence-corrected chi connectivity index (χ4v) is 4.10. The number of rotatable bonds is 4. The average molecular weight is 339 g/mol. The molecule has 112 valence electrons. The van der Waals surface area contributed by atoms with Crippen molar-refractivity contribution in [3.8, 4) is 5.75 Å². The van der Waals surface area contributed by atoms with Crippen LogP contribution in [0, 0.1) is 24.7 Å². The van der Waals surface area contributed by atoms with Crippen molar-refractivity contribution in [1.29, 1.82) is 0 Å². The normalized spacial score (nSPS) is 26.8. The van der Waals surface area contributed by atoms with E-state index in [9.17, 15) is 0 Å². The Morgan fingerprint density at radius 1 is 1.30 bits per heavy atom. The van der Waals surface area contributed by atoms with Crippen LogP contribution < -0.4 is 4.74 Å². The van der Waals surface area contributed by atoms with Gasteiger partial charge in [0.1, 0.15) is 5.75 Å². The zero-order valence-corrected chi connectivity index (χ0v) is 14.7. The summed E-state index contributed by atoms with van der Waals surface area (Å²) < 4.78 is 5.54. The molecule has 0 N–H and O–H groups in total. The second kappa shape index (κ2) is 6.98. The first-order valence-electron chi connectivity index (χ1n) is 7.78. The van der Waals surface area contributed by atoms with Crippen LogP contribution in [0.2, 0.25) is 0 Å². The van der Waals surface area contributed by atoms with Crippen molar-refractivity contribution in [1.82, 2.24) is 0 Å². The molecule has 2 rings (SSSR count). The molecular weight excluding hydrogens is 312 g/mol. The molecule has 1 aromatic carbocycles. The Labute approximate surface area is 132 Å². The third-order valence-electron chi connectivity index (χ3n) is 4.79. The van der Waals surface area contributed by atoms with Crippen molar-refractivity contribution >= 4 is 15.9 Å². The van der Waals surface area contributed by atoms with Crippen LogP contribution in [0.15, 0.2) is 18.2 Å². The van der Waals surface area contributed by atoms with Gasteiger partial charge in [0.2, 0.25) is 0 Å². The highest BCUT2D eigenvalue weighted by Gasteiger charge is 2.30. The van der Waals surface area contributed by atoms with Crippen LogP contribution in [0.3, 0.4) is 0 Å². The van der Waals surface area contributed by atoms with Crippen LogP contribution in [0.1, 0.15) is 44.2 Å². The van der Waals surface area contributed by atoms with Gasteiger partial charge in [-0.15, -0.1) is 0 Å². The number of aryl methyl sites for hydroxylation is 1. The van der Waals surface area contributed by atoms with E-state index < -0.39 is 0 Å². The molecule has 0 saturated heterocycles. The quantitative estimate of drug-likeness (QED) is 0.669. The first kappa shape index (κ1) is 15.9. The second-order valence-corrected chi connectivity index (χ2v) is 7.79. The monoisotopic (exact) mass is 338 g/mol. The van der Waals surface area contributed by atoms with Gasteiger partial charge in [-0.25, -0.2) is 0 Å². The second-order valence-electron chi connectivity index (χ2n) is 6.61. The van der Waals surface area contributed by atoms with Crippen LogP contribution in [0.5, 0.6) is 5.75 Å². The maximum Gasteiger partial charge on any atom is 0.122 e. The summed E-state index contributed by atoms with van der Waals surface area (Å²) in [6.07, 6.45) is 5.14. The lowest BCUT2D eigenvalue weighted by Gasteiger charge is -2.35. The van der Waals surface area contributed by atoms with Gasteiger partial charge in [-0.2, -0.15) is 0 Å². The van der Waals surface area contributed by atoms with Crippen molar-refractivity contribution in [3.05, 3.63) is 29.3 Å². The molecule has 1 saturated carbocycles. The molecule has 3 atom stereocenters. The van der Waals surface area contributed by atoms with Crippen molar-refractivity contribution in [2.24, 2.45) is 17.8 Å². The van der Waals surface area contributed by atoms with Crippen molar-refractivity contribution in [3.63, 3.8) is 0 Å². The third-order valence-corrected chi connectivity index (χ3v) is 6.00. The van der Waals surface area contributed by atoms with E-state index >= 15 is 0 Å². The molecule has 0 aliphatic heterocycles. The van der Waals surface area contributed by atoms with Crippen LogP contribution in [-0.2, 0) is 6.42 Å². The molecule has 2 heteroatoms. The first-order chi connectivity index (χ1) is 9.51. The average Bonchev–Trinajstić information content (AvgIpc) is 2.41. The van der Waals surface area contributed by atoms with E-state index in [1.54, 1.807) is 7.11 Å². The van der Waals surface area contributed by atoms with E-state index in [0.717, 1.165) is 29.9 Å². The predicted molar refractivity (Wildman–Crippen MR) is 89.8 cm³/mol. The van der Waals surface area contributed by atoms with Gasteiger partial charge in [-0.05, 0) is 62.0 Å². The van der Waals surface area contributed by atoms with Crippen LogP contribution >= 0.6 is 15.9 Å². The van der Waals surface area contributed by atoms with Crippen molar-refractivity contribution in [2.75, 3.05) is 7.11 Å². The van der Waals surface area contributed by atoms with E-state index in [4.69, 9.17) is 4.74 Å². The summed E-state index contributed by atoms with van der Waals surface area (Å²) in [4.78, 5) is 0.655. The first-order valence-corrected chi connectivity index (χ1v) is 8.70. The molecule has 1 nitrogen and oxygen atoms in total. The summed E-state index contributed by atoms with van der Waals surface area (Å²) in [7, 11) is 1.78. The maximum atomic E-state index is 5.54. The minimum atomic E-state index is 0.655. The SMILES string of the molecule is COc1ccc(C)cc1CC1CC(C(C)C)CCC1Br. The lowest BCUT2D eigenvalue weighted by Crippen LogP contribution is -2.29.